The molecule has 4 rings (SSSR count). The first kappa shape index (κ1) is 15.0. The molecule has 0 bridgehead atoms. The molecule has 4 heteroatoms. The van der Waals surface area contributed by atoms with Gasteiger partial charge in [-0.2, -0.15) is 0 Å². The number of carboxylic acids is 1. The molecule has 0 radical (unpaired) electrons. The first-order valence-electron chi connectivity index (χ1n) is 8.18. The highest BCUT2D eigenvalue weighted by atomic mass is 16.4. The zero-order valence-electron chi connectivity index (χ0n) is 13.7. The van der Waals surface area contributed by atoms with Crippen LogP contribution in [0.5, 0.6) is 0 Å². The van der Waals surface area contributed by atoms with E-state index in [1.165, 1.54) is 16.7 Å². The summed E-state index contributed by atoms with van der Waals surface area (Å²) in [5, 5.41) is 10.2. The van der Waals surface area contributed by atoms with Gasteiger partial charge in [0.25, 0.3) is 0 Å². The molecule has 1 aliphatic rings. The van der Waals surface area contributed by atoms with E-state index in [9.17, 15) is 4.79 Å². The summed E-state index contributed by atoms with van der Waals surface area (Å²) in [6.07, 6.45) is 2.01. The van der Waals surface area contributed by atoms with Crippen LogP contribution >= 0.6 is 0 Å². The molecule has 0 aliphatic carbocycles. The topological polar surface area (TPSA) is 45.5 Å². The number of hydrogen-bond donors (Lipinski definition) is 1. The highest BCUT2D eigenvalue weighted by molar-refractivity contribution is 5.89. The number of rotatable bonds is 4. The maximum Gasteiger partial charge on any atom is 0.307 e. The maximum atomic E-state index is 11.1. The Hall–Kier alpha value is -2.59. The van der Waals surface area contributed by atoms with E-state index >= 15 is 0 Å². The quantitative estimate of drug-likeness (QED) is 0.802. The lowest BCUT2D eigenvalue weighted by Crippen LogP contribution is -2.15. The largest absolute Gasteiger partial charge is 0.481 e. The number of carboxylic acid groups (broad SMARTS) is 1. The Kier molecular flexibility index (Phi) is 3.62. The van der Waals surface area contributed by atoms with Crippen LogP contribution in [-0.4, -0.2) is 20.5 Å². The van der Waals surface area contributed by atoms with E-state index in [0.29, 0.717) is 0 Å². The third-order valence-corrected chi connectivity index (χ3v) is 4.77. The summed E-state index contributed by atoms with van der Waals surface area (Å²) in [4.78, 5) is 13.5. The monoisotopic (exact) mass is 320 g/mol. The molecule has 0 saturated carbocycles. The summed E-state index contributed by atoms with van der Waals surface area (Å²) in [6.45, 7) is 2.80. The van der Waals surface area contributed by atoms with E-state index in [1.54, 1.807) is 0 Å². The minimum absolute atomic E-state index is 0.0733. The van der Waals surface area contributed by atoms with Crippen LogP contribution in [0.1, 0.15) is 22.3 Å². The molecule has 3 aromatic rings. The number of aromatic nitrogens is 1. The SMILES string of the molecule is Cn1cc(CC(=O)O)c2cc3c(cc21)CN(Cc1ccccc1)C3. The van der Waals surface area contributed by atoms with Crippen molar-refractivity contribution >= 4 is 16.9 Å². The summed E-state index contributed by atoms with van der Waals surface area (Å²) in [7, 11) is 1.98. The minimum atomic E-state index is -0.784. The number of nitrogens with zero attached hydrogens (tertiary/aromatic N) is 2. The molecular weight excluding hydrogens is 300 g/mol. The van der Waals surface area contributed by atoms with E-state index in [-0.39, 0.29) is 6.42 Å². The van der Waals surface area contributed by atoms with Crippen LogP contribution in [-0.2, 0) is 37.9 Å². The fourth-order valence-corrected chi connectivity index (χ4v) is 3.69. The number of fused-ring (bicyclic) bond motifs is 2. The van der Waals surface area contributed by atoms with E-state index < -0.39 is 5.97 Å². The summed E-state index contributed by atoms with van der Waals surface area (Å²) >= 11 is 0. The molecule has 0 fully saturated rings. The fourth-order valence-electron chi connectivity index (χ4n) is 3.69. The Morgan fingerprint density at radius 3 is 2.54 bits per heavy atom. The predicted octanol–water partition coefficient (Wildman–Crippen LogP) is 3.32. The molecule has 4 nitrogen and oxygen atoms in total. The average molecular weight is 320 g/mol. The highest BCUT2D eigenvalue weighted by Gasteiger charge is 2.21. The zero-order chi connectivity index (χ0) is 16.7. The first-order valence-corrected chi connectivity index (χ1v) is 8.18. The molecule has 0 atom stereocenters. The van der Waals surface area contributed by atoms with Crippen molar-refractivity contribution in [3.63, 3.8) is 0 Å². The number of carbonyl (C=O) groups is 1. The van der Waals surface area contributed by atoms with Gasteiger partial charge in [-0.25, -0.2) is 0 Å². The van der Waals surface area contributed by atoms with E-state index in [2.05, 4.69) is 41.3 Å². The molecular formula is C20H20N2O2. The fraction of sp³-hybridized carbons (Fsp3) is 0.250. The highest BCUT2D eigenvalue weighted by Crippen LogP contribution is 2.31. The van der Waals surface area contributed by atoms with Gasteiger partial charge >= 0.3 is 5.97 Å². The molecule has 2 aromatic carbocycles. The molecule has 0 saturated heterocycles. The summed E-state index contributed by atoms with van der Waals surface area (Å²) in [6, 6.07) is 14.9. The number of benzene rings is 2. The number of aryl methyl sites for hydroxylation is 1. The third-order valence-electron chi connectivity index (χ3n) is 4.77. The Bertz CT molecular complexity index is 912. The zero-order valence-corrected chi connectivity index (χ0v) is 13.7. The van der Waals surface area contributed by atoms with Gasteiger partial charge < -0.3 is 9.67 Å². The second kappa shape index (κ2) is 5.80. The van der Waals surface area contributed by atoms with Crippen LogP contribution in [0, 0.1) is 0 Å². The number of hydrogen-bond acceptors (Lipinski definition) is 2. The Morgan fingerprint density at radius 2 is 1.83 bits per heavy atom. The van der Waals surface area contributed by atoms with Gasteiger partial charge in [0.1, 0.15) is 0 Å². The van der Waals surface area contributed by atoms with Crippen molar-refractivity contribution in [1.82, 2.24) is 9.47 Å². The van der Waals surface area contributed by atoms with Crippen LogP contribution in [0.2, 0.25) is 0 Å². The van der Waals surface area contributed by atoms with Gasteiger partial charge in [0.05, 0.1) is 6.42 Å². The van der Waals surface area contributed by atoms with Crippen molar-refractivity contribution in [3.8, 4) is 0 Å². The average Bonchev–Trinajstić information content (AvgIpc) is 3.06. The Labute approximate surface area is 140 Å². The molecule has 0 spiro atoms. The second-order valence-corrected chi connectivity index (χ2v) is 6.60. The van der Waals surface area contributed by atoms with Gasteiger partial charge in [-0.3, -0.25) is 9.69 Å². The van der Waals surface area contributed by atoms with Gasteiger partial charge in [-0.05, 0) is 34.4 Å². The Balaban J connectivity index is 1.64. The lowest BCUT2D eigenvalue weighted by atomic mass is 10.0. The molecule has 1 N–H and O–H groups in total. The molecule has 0 unspecified atom stereocenters. The normalized spacial score (nSPS) is 14.2. The second-order valence-electron chi connectivity index (χ2n) is 6.60. The summed E-state index contributed by atoms with van der Waals surface area (Å²) in [5.41, 5.74) is 6.00. The van der Waals surface area contributed by atoms with Crippen LogP contribution in [0.3, 0.4) is 0 Å². The van der Waals surface area contributed by atoms with Crippen LogP contribution in [0.25, 0.3) is 10.9 Å². The first-order chi connectivity index (χ1) is 11.6. The van der Waals surface area contributed by atoms with Gasteiger partial charge in [0, 0.05) is 43.8 Å². The van der Waals surface area contributed by atoms with Crippen LogP contribution in [0.4, 0.5) is 0 Å². The van der Waals surface area contributed by atoms with Crippen LogP contribution < -0.4 is 0 Å². The van der Waals surface area contributed by atoms with Crippen molar-refractivity contribution in [2.75, 3.05) is 0 Å². The molecule has 0 amide bonds. The lowest BCUT2D eigenvalue weighted by Gasteiger charge is -2.14. The van der Waals surface area contributed by atoms with Gasteiger partial charge in [0.15, 0.2) is 0 Å². The van der Waals surface area contributed by atoms with Gasteiger partial charge in [-0.15, -0.1) is 0 Å². The van der Waals surface area contributed by atoms with Crippen molar-refractivity contribution in [2.24, 2.45) is 7.05 Å². The van der Waals surface area contributed by atoms with Gasteiger partial charge in [-0.1, -0.05) is 30.3 Å². The molecule has 122 valence electrons. The van der Waals surface area contributed by atoms with Crippen molar-refractivity contribution in [2.45, 2.75) is 26.1 Å². The van der Waals surface area contributed by atoms with E-state index in [1.807, 2.05) is 23.9 Å². The summed E-state index contributed by atoms with van der Waals surface area (Å²) < 4.78 is 2.04. The van der Waals surface area contributed by atoms with Crippen molar-refractivity contribution in [1.29, 1.82) is 0 Å². The molecule has 1 aromatic heterocycles. The summed E-state index contributed by atoms with van der Waals surface area (Å²) in [5.74, 6) is -0.784. The minimum Gasteiger partial charge on any atom is -0.481 e. The lowest BCUT2D eigenvalue weighted by molar-refractivity contribution is -0.136. The standard InChI is InChI=1S/C20H20N2O2/c1-21-11-17(9-20(23)24)18-7-15-12-22(13-16(15)8-19(18)21)10-14-5-3-2-4-6-14/h2-8,11H,9-10,12-13H2,1H3,(H,23,24). The van der Waals surface area contributed by atoms with Crippen molar-refractivity contribution < 1.29 is 9.90 Å². The number of aliphatic carboxylic acids is 1. The smallest absolute Gasteiger partial charge is 0.307 e. The van der Waals surface area contributed by atoms with Crippen molar-refractivity contribution in [3.05, 3.63) is 70.9 Å². The van der Waals surface area contributed by atoms with Crippen LogP contribution in [0.15, 0.2) is 48.7 Å². The maximum absolute atomic E-state index is 11.1. The Morgan fingerprint density at radius 1 is 1.12 bits per heavy atom. The molecule has 1 aliphatic heterocycles. The molecule has 24 heavy (non-hydrogen) atoms. The molecule has 2 heterocycles. The van der Waals surface area contributed by atoms with E-state index in [0.717, 1.165) is 36.1 Å². The predicted molar refractivity (Wildman–Crippen MR) is 93.7 cm³/mol. The third kappa shape index (κ3) is 2.69. The van der Waals surface area contributed by atoms with Gasteiger partial charge in [0.2, 0.25) is 0 Å². The van der Waals surface area contributed by atoms with E-state index in [4.69, 9.17) is 5.11 Å².